The monoisotopic (exact) mass is 373 g/mol. The average molecular weight is 373 g/mol. The molecule has 1 saturated carbocycles. The number of rotatable bonds is 5. The molecule has 0 radical (unpaired) electrons. The first-order valence-corrected chi connectivity index (χ1v) is 9.35. The first kappa shape index (κ1) is 16.8. The fourth-order valence-electron chi connectivity index (χ4n) is 3.80. The van der Waals surface area contributed by atoms with Crippen molar-refractivity contribution in [3.63, 3.8) is 0 Å². The summed E-state index contributed by atoms with van der Waals surface area (Å²) < 4.78 is 5.36. The van der Waals surface area contributed by atoms with E-state index in [2.05, 4.69) is 26.4 Å². The molecule has 140 valence electrons. The Morgan fingerprint density at radius 2 is 2.14 bits per heavy atom. The summed E-state index contributed by atoms with van der Waals surface area (Å²) in [5.41, 5.74) is 5.85. The molecular formula is C21H19N5O2. The third-order valence-electron chi connectivity index (χ3n) is 5.32. The minimum Gasteiger partial charge on any atom is -0.361 e. The number of pyridine rings is 1. The van der Waals surface area contributed by atoms with Crippen LogP contribution in [0, 0.1) is 18.8 Å². The van der Waals surface area contributed by atoms with Gasteiger partial charge in [0.1, 0.15) is 17.6 Å². The second-order valence-electron chi connectivity index (χ2n) is 7.35. The van der Waals surface area contributed by atoms with Gasteiger partial charge in [0.25, 0.3) is 0 Å². The van der Waals surface area contributed by atoms with Crippen LogP contribution in [0.2, 0.25) is 0 Å². The molecule has 28 heavy (non-hydrogen) atoms. The summed E-state index contributed by atoms with van der Waals surface area (Å²) in [6, 6.07) is 7.01. The molecule has 1 aliphatic rings. The van der Waals surface area contributed by atoms with E-state index in [1.165, 1.54) is 0 Å². The van der Waals surface area contributed by atoms with Gasteiger partial charge in [0.15, 0.2) is 0 Å². The summed E-state index contributed by atoms with van der Waals surface area (Å²) >= 11 is 0. The Bertz CT molecular complexity index is 1150. The normalized spacial score (nSPS) is 15.1. The van der Waals surface area contributed by atoms with Gasteiger partial charge < -0.3 is 9.51 Å². The van der Waals surface area contributed by atoms with Crippen molar-refractivity contribution in [1.29, 1.82) is 0 Å². The van der Waals surface area contributed by atoms with Gasteiger partial charge in [-0.05, 0) is 50.5 Å². The third kappa shape index (κ3) is 2.70. The molecule has 5 rings (SSSR count). The Morgan fingerprint density at radius 3 is 2.79 bits per heavy atom. The van der Waals surface area contributed by atoms with E-state index in [0.29, 0.717) is 5.92 Å². The molecule has 1 unspecified atom stereocenters. The van der Waals surface area contributed by atoms with Gasteiger partial charge in [-0.1, -0.05) is 16.4 Å². The van der Waals surface area contributed by atoms with E-state index in [1.807, 2.05) is 32.0 Å². The van der Waals surface area contributed by atoms with Crippen LogP contribution in [-0.2, 0) is 0 Å². The first-order valence-electron chi connectivity index (χ1n) is 9.35. The molecule has 1 aliphatic carbocycles. The van der Waals surface area contributed by atoms with Crippen molar-refractivity contribution in [3.8, 4) is 11.1 Å². The molecule has 7 nitrogen and oxygen atoms in total. The highest BCUT2D eigenvalue weighted by Gasteiger charge is 2.29. The van der Waals surface area contributed by atoms with Crippen molar-refractivity contribution < 1.29 is 4.52 Å². The maximum atomic E-state index is 11.9. The molecule has 3 heterocycles. The van der Waals surface area contributed by atoms with Crippen LogP contribution in [0.5, 0.6) is 0 Å². The summed E-state index contributed by atoms with van der Waals surface area (Å²) in [7, 11) is 0. The van der Waals surface area contributed by atoms with Crippen molar-refractivity contribution in [3.05, 3.63) is 70.0 Å². The van der Waals surface area contributed by atoms with Crippen LogP contribution < -0.4 is 0 Å². The summed E-state index contributed by atoms with van der Waals surface area (Å²) in [5.74, 6) is 2.19. The number of nitroso groups, excluding NO2 is 1. The summed E-state index contributed by atoms with van der Waals surface area (Å²) in [5, 5.41) is 7.51. The lowest BCUT2D eigenvalue weighted by Crippen LogP contribution is -2.00. The molecule has 1 atom stereocenters. The van der Waals surface area contributed by atoms with Crippen LogP contribution in [0.1, 0.15) is 53.2 Å². The van der Waals surface area contributed by atoms with Crippen LogP contribution in [0.15, 0.2) is 46.4 Å². The quantitative estimate of drug-likeness (QED) is 0.499. The fourth-order valence-corrected chi connectivity index (χ4v) is 3.80. The smallest absolute Gasteiger partial charge is 0.146 e. The number of aryl methyl sites for hydroxylation is 2. The minimum atomic E-state index is -0.688. The molecule has 1 fully saturated rings. The van der Waals surface area contributed by atoms with E-state index in [4.69, 9.17) is 9.51 Å². The number of aromatic nitrogens is 4. The van der Waals surface area contributed by atoms with E-state index >= 15 is 0 Å². The van der Waals surface area contributed by atoms with Gasteiger partial charge in [0.05, 0.1) is 16.7 Å². The number of nitrogens with zero attached hydrogens (tertiary/aromatic N) is 4. The highest BCUT2D eigenvalue weighted by molar-refractivity contribution is 5.87. The maximum absolute atomic E-state index is 11.9. The standard InChI is InChI=1S/C21H19N5O2/c1-11-18(12(2)28-26-11)15-8-16(19(25-27)14-4-3-7-22-10-14)20-17(9-15)23-21(24-20)13-5-6-13/h3-4,7-10,13,19H,5-6H2,1-2H3,(H,23,24). The Labute approximate surface area is 161 Å². The number of imidazole rings is 1. The minimum absolute atomic E-state index is 0.476. The predicted octanol–water partition coefficient (Wildman–Crippen LogP) is 4.96. The highest BCUT2D eigenvalue weighted by atomic mass is 16.5. The number of hydrogen-bond donors (Lipinski definition) is 1. The number of H-pyrrole nitrogens is 1. The summed E-state index contributed by atoms with van der Waals surface area (Å²) in [6.07, 6.45) is 5.64. The predicted molar refractivity (Wildman–Crippen MR) is 105 cm³/mol. The summed E-state index contributed by atoms with van der Waals surface area (Å²) in [4.78, 5) is 24.3. The van der Waals surface area contributed by atoms with Gasteiger partial charge in [0.2, 0.25) is 0 Å². The average Bonchev–Trinajstić information content (AvgIpc) is 3.38. The van der Waals surface area contributed by atoms with Crippen molar-refractivity contribution in [1.82, 2.24) is 20.1 Å². The Hall–Kier alpha value is -3.35. The molecule has 3 aromatic heterocycles. The second-order valence-corrected chi connectivity index (χ2v) is 7.35. The molecule has 4 aromatic rings. The van der Waals surface area contributed by atoms with E-state index in [0.717, 1.165) is 63.4 Å². The van der Waals surface area contributed by atoms with Crippen LogP contribution in [-0.4, -0.2) is 20.1 Å². The molecule has 1 N–H and O–H groups in total. The molecule has 0 amide bonds. The van der Waals surface area contributed by atoms with Crippen LogP contribution in [0.4, 0.5) is 0 Å². The number of hydrogen-bond acceptors (Lipinski definition) is 6. The zero-order valence-electron chi connectivity index (χ0n) is 15.6. The van der Waals surface area contributed by atoms with Gasteiger partial charge in [-0.15, -0.1) is 4.91 Å². The Balaban J connectivity index is 1.77. The van der Waals surface area contributed by atoms with Crippen molar-refractivity contribution in [2.24, 2.45) is 5.18 Å². The van der Waals surface area contributed by atoms with Gasteiger partial charge >= 0.3 is 0 Å². The molecule has 7 heteroatoms. The van der Waals surface area contributed by atoms with Gasteiger partial charge in [-0.3, -0.25) is 4.98 Å². The lowest BCUT2D eigenvalue weighted by molar-refractivity contribution is 0.393. The first-order chi connectivity index (χ1) is 13.7. The van der Waals surface area contributed by atoms with Gasteiger partial charge in [-0.2, -0.15) is 0 Å². The molecule has 0 spiro atoms. The maximum Gasteiger partial charge on any atom is 0.146 e. The lowest BCUT2D eigenvalue weighted by atomic mass is 9.94. The highest BCUT2D eigenvalue weighted by Crippen LogP contribution is 2.42. The second kappa shape index (κ2) is 6.37. The molecule has 0 bridgehead atoms. The number of aromatic amines is 1. The SMILES string of the molecule is Cc1noc(C)c1-c1cc(C(N=O)c2cccnc2)c2nc(C3CC3)[nH]c2c1. The van der Waals surface area contributed by atoms with E-state index in [9.17, 15) is 4.91 Å². The van der Waals surface area contributed by atoms with Crippen LogP contribution in [0.3, 0.4) is 0 Å². The molecule has 1 aromatic carbocycles. The zero-order valence-corrected chi connectivity index (χ0v) is 15.6. The zero-order chi connectivity index (χ0) is 19.3. The molecule has 0 aliphatic heterocycles. The largest absolute Gasteiger partial charge is 0.361 e. The van der Waals surface area contributed by atoms with E-state index in [1.54, 1.807) is 12.4 Å². The Morgan fingerprint density at radius 1 is 1.29 bits per heavy atom. The van der Waals surface area contributed by atoms with Crippen LogP contribution >= 0.6 is 0 Å². The topological polar surface area (TPSA) is 97.0 Å². The van der Waals surface area contributed by atoms with Crippen molar-refractivity contribution in [2.75, 3.05) is 0 Å². The van der Waals surface area contributed by atoms with Crippen LogP contribution in [0.25, 0.3) is 22.2 Å². The van der Waals surface area contributed by atoms with E-state index < -0.39 is 6.04 Å². The summed E-state index contributed by atoms with van der Waals surface area (Å²) in [6.45, 7) is 3.80. The third-order valence-corrected chi connectivity index (χ3v) is 5.32. The van der Waals surface area contributed by atoms with E-state index in [-0.39, 0.29) is 0 Å². The number of benzene rings is 1. The van der Waals surface area contributed by atoms with Gasteiger partial charge in [-0.25, -0.2) is 4.98 Å². The lowest BCUT2D eigenvalue weighted by Gasteiger charge is -2.12. The number of nitrogens with one attached hydrogen (secondary N) is 1. The van der Waals surface area contributed by atoms with Gasteiger partial charge in [0, 0.05) is 35.0 Å². The van der Waals surface area contributed by atoms with Crippen molar-refractivity contribution in [2.45, 2.75) is 38.6 Å². The fraction of sp³-hybridized carbons (Fsp3) is 0.286. The number of fused-ring (bicyclic) bond motifs is 1. The molecular weight excluding hydrogens is 354 g/mol. The Kier molecular flexibility index (Phi) is 3.82. The van der Waals surface area contributed by atoms with Crippen molar-refractivity contribution >= 4 is 11.0 Å². The molecule has 0 saturated heterocycles.